The second kappa shape index (κ2) is 5.69. The number of benzene rings is 2. The molecule has 0 aliphatic heterocycles. The Morgan fingerprint density at radius 1 is 1.15 bits per heavy atom. The highest BCUT2D eigenvalue weighted by atomic mass is 32.2. The van der Waals surface area contributed by atoms with Crippen LogP contribution in [0.5, 0.6) is 0 Å². The van der Waals surface area contributed by atoms with Crippen molar-refractivity contribution in [2.24, 2.45) is 5.73 Å². The lowest BCUT2D eigenvalue weighted by atomic mass is 10.1. The lowest BCUT2D eigenvalue weighted by molar-refractivity contribution is 0.488. The Morgan fingerprint density at radius 3 is 2.60 bits per heavy atom. The van der Waals surface area contributed by atoms with Gasteiger partial charge in [0.05, 0.1) is 5.25 Å². The van der Waals surface area contributed by atoms with Gasteiger partial charge in [0, 0.05) is 6.54 Å². The maximum atomic E-state index is 5.89. The van der Waals surface area contributed by atoms with E-state index < -0.39 is 0 Å². The molecule has 1 heterocycles. The van der Waals surface area contributed by atoms with Crippen LogP contribution in [0.1, 0.15) is 16.4 Å². The summed E-state index contributed by atoms with van der Waals surface area (Å²) in [6, 6.07) is 16.2. The van der Waals surface area contributed by atoms with Gasteiger partial charge in [0.2, 0.25) is 0 Å². The highest BCUT2D eigenvalue weighted by Crippen LogP contribution is 2.35. The third-order valence-corrected chi connectivity index (χ3v) is 4.31. The number of oxazole rings is 1. The van der Waals surface area contributed by atoms with E-state index in [1.165, 1.54) is 11.1 Å². The predicted octanol–water partition coefficient (Wildman–Crippen LogP) is 3.93. The van der Waals surface area contributed by atoms with E-state index in [0.29, 0.717) is 11.8 Å². The average molecular weight is 284 g/mol. The van der Waals surface area contributed by atoms with Crippen LogP contribution in [0.25, 0.3) is 11.1 Å². The zero-order chi connectivity index (χ0) is 13.9. The zero-order valence-electron chi connectivity index (χ0n) is 11.2. The summed E-state index contributed by atoms with van der Waals surface area (Å²) in [5, 5.41) is 0.825. The van der Waals surface area contributed by atoms with Gasteiger partial charge in [-0.25, -0.2) is 4.98 Å². The van der Waals surface area contributed by atoms with Gasteiger partial charge >= 0.3 is 0 Å². The maximum Gasteiger partial charge on any atom is 0.257 e. The van der Waals surface area contributed by atoms with E-state index in [1.54, 1.807) is 11.8 Å². The minimum absolute atomic E-state index is 0.156. The van der Waals surface area contributed by atoms with Crippen LogP contribution in [0.4, 0.5) is 0 Å². The Kier molecular flexibility index (Phi) is 3.76. The number of aromatic nitrogens is 1. The molecule has 3 nitrogen and oxygen atoms in total. The zero-order valence-corrected chi connectivity index (χ0v) is 12.1. The predicted molar refractivity (Wildman–Crippen MR) is 82.8 cm³/mol. The van der Waals surface area contributed by atoms with Crippen molar-refractivity contribution >= 4 is 22.9 Å². The van der Waals surface area contributed by atoms with E-state index in [4.69, 9.17) is 10.2 Å². The van der Waals surface area contributed by atoms with Crippen molar-refractivity contribution in [3.05, 3.63) is 59.7 Å². The number of hydrogen-bond donors (Lipinski definition) is 1. The van der Waals surface area contributed by atoms with Gasteiger partial charge in [-0.2, -0.15) is 0 Å². The fraction of sp³-hybridized carbons (Fsp3) is 0.188. The molecular weight excluding hydrogens is 268 g/mol. The molecule has 2 N–H and O–H groups in total. The number of hydrogen-bond acceptors (Lipinski definition) is 4. The second-order valence-electron chi connectivity index (χ2n) is 4.70. The molecule has 0 spiro atoms. The maximum absolute atomic E-state index is 5.89. The van der Waals surface area contributed by atoms with Gasteiger partial charge < -0.3 is 10.2 Å². The molecule has 0 saturated heterocycles. The van der Waals surface area contributed by atoms with Crippen molar-refractivity contribution in [2.45, 2.75) is 17.4 Å². The molecule has 1 aromatic heterocycles. The first-order valence-electron chi connectivity index (χ1n) is 6.55. The van der Waals surface area contributed by atoms with E-state index in [-0.39, 0.29) is 5.25 Å². The van der Waals surface area contributed by atoms with Gasteiger partial charge in [-0.05, 0) is 24.6 Å². The molecule has 0 aliphatic carbocycles. The van der Waals surface area contributed by atoms with Gasteiger partial charge in [0.15, 0.2) is 5.58 Å². The number of nitrogens with zero attached hydrogens (tertiary/aromatic N) is 1. The van der Waals surface area contributed by atoms with Gasteiger partial charge in [-0.15, -0.1) is 0 Å². The molecule has 3 rings (SSSR count). The van der Waals surface area contributed by atoms with Crippen LogP contribution >= 0.6 is 11.8 Å². The lowest BCUT2D eigenvalue weighted by Gasteiger charge is -2.12. The number of fused-ring (bicyclic) bond motifs is 1. The number of aryl methyl sites for hydroxylation is 1. The first kappa shape index (κ1) is 13.2. The standard InChI is InChI=1S/C16H16N2OS/c1-11-6-8-12(9-7-11)15(10-17)20-16-18-13-4-2-3-5-14(13)19-16/h2-9,15H,10,17H2,1H3. The second-order valence-corrected chi connectivity index (χ2v) is 5.85. The summed E-state index contributed by atoms with van der Waals surface area (Å²) in [6.07, 6.45) is 0. The van der Waals surface area contributed by atoms with Gasteiger partial charge in [0.25, 0.3) is 5.22 Å². The summed E-state index contributed by atoms with van der Waals surface area (Å²) in [5.41, 5.74) is 10.0. The quantitative estimate of drug-likeness (QED) is 0.738. The van der Waals surface area contributed by atoms with Gasteiger partial charge in [-0.3, -0.25) is 0 Å². The molecular formula is C16H16N2OS. The average Bonchev–Trinajstić information content (AvgIpc) is 2.88. The number of para-hydroxylation sites is 2. The van der Waals surface area contributed by atoms with Crippen molar-refractivity contribution in [2.75, 3.05) is 6.54 Å². The molecule has 0 amide bonds. The van der Waals surface area contributed by atoms with Crippen LogP contribution in [0.15, 0.2) is 58.2 Å². The topological polar surface area (TPSA) is 52.0 Å². The Labute approximate surface area is 122 Å². The molecule has 0 fully saturated rings. The number of thioether (sulfide) groups is 1. The Bertz CT molecular complexity index is 673. The normalized spacial score (nSPS) is 12.7. The van der Waals surface area contributed by atoms with Gasteiger partial charge in [0.1, 0.15) is 5.52 Å². The third kappa shape index (κ3) is 2.71. The molecule has 102 valence electrons. The summed E-state index contributed by atoms with van der Waals surface area (Å²) >= 11 is 1.57. The number of rotatable bonds is 4. The van der Waals surface area contributed by atoms with Crippen LogP contribution in [0, 0.1) is 6.92 Å². The minimum Gasteiger partial charge on any atom is -0.431 e. The fourth-order valence-electron chi connectivity index (χ4n) is 2.06. The van der Waals surface area contributed by atoms with Crippen molar-refractivity contribution in [3.8, 4) is 0 Å². The Hall–Kier alpha value is -1.78. The summed E-state index contributed by atoms with van der Waals surface area (Å²) in [6.45, 7) is 2.63. The van der Waals surface area contributed by atoms with Gasteiger partial charge in [-0.1, -0.05) is 53.7 Å². The summed E-state index contributed by atoms with van der Waals surface area (Å²) in [4.78, 5) is 4.48. The van der Waals surface area contributed by atoms with Crippen LogP contribution in [0.3, 0.4) is 0 Å². The van der Waals surface area contributed by atoms with Crippen LogP contribution in [-0.2, 0) is 0 Å². The van der Waals surface area contributed by atoms with Crippen LogP contribution in [-0.4, -0.2) is 11.5 Å². The molecule has 0 radical (unpaired) electrons. The molecule has 1 atom stereocenters. The molecule has 20 heavy (non-hydrogen) atoms. The molecule has 0 bridgehead atoms. The van der Waals surface area contributed by atoms with Crippen molar-refractivity contribution in [3.63, 3.8) is 0 Å². The highest BCUT2D eigenvalue weighted by molar-refractivity contribution is 7.99. The lowest BCUT2D eigenvalue weighted by Crippen LogP contribution is -2.09. The Morgan fingerprint density at radius 2 is 1.90 bits per heavy atom. The summed E-state index contributed by atoms with van der Waals surface area (Å²) in [7, 11) is 0. The van der Waals surface area contributed by atoms with Crippen molar-refractivity contribution in [1.29, 1.82) is 0 Å². The summed E-state index contributed by atoms with van der Waals surface area (Å²) in [5.74, 6) is 0. The number of nitrogens with two attached hydrogens (primary N) is 1. The molecule has 4 heteroatoms. The van der Waals surface area contributed by atoms with E-state index >= 15 is 0 Å². The highest BCUT2D eigenvalue weighted by Gasteiger charge is 2.15. The van der Waals surface area contributed by atoms with Crippen molar-refractivity contribution < 1.29 is 4.42 Å². The smallest absolute Gasteiger partial charge is 0.257 e. The van der Waals surface area contributed by atoms with E-state index in [9.17, 15) is 0 Å². The molecule has 3 aromatic rings. The molecule has 0 aliphatic rings. The molecule has 1 unspecified atom stereocenters. The van der Waals surface area contributed by atoms with Crippen LogP contribution in [0.2, 0.25) is 0 Å². The first-order valence-corrected chi connectivity index (χ1v) is 7.43. The van der Waals surface area contributed by atoms with Crippen molar-refractivity contribution in [1.82, 2.24) is 4.98 Å². The monoisotopic (exact) mass is 284 g/mol. The molecule has 0 saturated carbocycles. The first-order chi connectivity index (χ1) is 9.76. The summed E-state index contributed by atoms with van der Waals surface area (Å²) < 4.78 is 5.74. The fourth-order valence-corrected chi connectivity index (χ4v) is 2.98. The van der Waals surface area contributed by atoms with Crippen LogP contribution < -0.4 is 5.73 Å². The largest absolute Gasteiger partial charge is 0.431 e. The Balaban J connectivity index is 1.85. The SMILES string of the molecule is Cc1ccc(C(CN)Sc2nc3ccccc3o2)cc1. The van der Waals surface area contributed by atoms with E-state index in [0.717, 1.165) is 11.1 Å². The van der Waals surface area contributed by atoms with E-state index in [2.05, 4.69) is 36.2 Å². The van der Waals surface area contributed by atoms with E-state index in [1.807, 2.05) is 24.3 Å². The minimum atomic E-state index is 0.156. The molecule has 2 aromatic carbocycles. The third-order valence-electron chi connectivity index (χ3n) is 3.18.